The van der Waals surface area contributed by atoms with E-state index < -0.39 is 12.7 Å². The van der Waals surface area contributed by atoms with Crippen LogP contribution in [0.15, 0.2) is 0 Å². The van der Waals surface area contributed by atoms with E-state index in [1.165, 1.54) is 4.90 Å². The largest absolute Gasteiger partial charge is 0.401 e. The van der Waals surface area contributed by atoms with Crippen LogP contribution < -0.4 is 0 Å². The normalized spacial score (nSPS) is 27.2. The van der Waals surface area contributed by atoms with Gasteiger partial charge < -0.3 is 0 Å². The molecule has 0 amide bonds. The van der Waals surface area contributed by atoms with Crippen molar-refractivity contribution in [3.05, 3.63) is 0 Å². The lowest BCUT2D eigenvalue weighted by atomic mass is 10.0. The van der Waals surface area contributed by atoms with Crippen molar-refractivity contribution in [1.82, 2.24) is 4.90 Å². The molecule has 1 fully saturated rings. The predicted molar refractivity (Wildman–Crippen MR) is 45.5 cm³/mol. The van der Waals surface area contributed by atoms with E-state index in [4.69, 9.17) is 0 Å². The predicted octanol–water partition coefficient (Wildman–Crippen LogP) is 2.67. The maximum atomic E-state index is 12.0. The number of hydrogen-bond donors (Lipinski definition) is 0. The summed E-state index contributed by atoms with van der Waals surface area (Å²) in [5.74, 6) is 0.582. The Morgan fingerprint density at radius 2 is 1.92 bits per heavy atom. The molecule has 0 bridgehead atoms. The maximum absolute atomic E-state index is 12.0. The van der Waals surface area contributed by atoms with Crippen molar-refractivity contribution < 1.29 is 13.2 Å². The summed E-state index contributed by atoms with van der Waals surface area (Å²) in [4.78, 5) is 1.52. The highest BCUT2D eigenvalue weighted by molar-refractivity contribution is 4.69. The lowest BCUT2D eigenvalue weighted by Crippen LogP contribution is -2.34. The SMILES string of the molecule is CC1CCCN(CC(F)(F)F)CC1. The minimum absolute atomic E-state index is 0.582. The molecule has 13 heavy (non-hydrogen) atoms. The summed E-state index contributed by atoms with van der Waals surface area (Å²) in [6.07, 6.45) is -1.17. The standard InChI is InChI=1S/C9H16F3N/c1-8-3-2-5-13(6-4-8)7-9(10,11)12/h8H,2-7H2,1H3. The van der Waals surface area contributed by atoms with Gasteiger partial charge in [0.25, 0.3) is 0 Å². The zero-order valence-electron chi connectivity index (χ0n) is 7.90. The van der Waals surface area contributed by atoms with Crippen molar-refractivity contribution in [2.75, 3.05) is 19.6 Å². The van der Waals surface area contributed by atoms with Crippen LogP contribution in [-0.4, -0.2) is 30.7 Å². The van der Waals surface area contributed by atoms with Gasteiger partial charge in [-0.3, -0.25) is 4.90 Å². The van der Waals surface area contributed by atoms with Crippen LogP contribution in [0.5, 0.6) is 0 Å². The number of halogens is 3. The zero-order chi connectivity index (χ0) is 9.90. The molecule has 0 aliphatic carbocycles. The van der Waals surface area contributed by atoms with E-state index in [0.29, 0.717) is 19.0 Å². The van der Waals surface area contributed by atoms with Gasteiger partial charge in [0.2, 0.25) is 0 Å². The quantitative estimate of drug-likeness (QED) is 0.621. The average Bonchev–Trinajstić information content (AvgIpc) is 2.12. The van der Waals surface area contributed by atoms with Crippen LogP contribution in [0.1, 0.15) is 26.2 Å². The summed E-state index contributed by atoms with van der Waals surface area (Å²) < 4.78 is 36.1. The molecule has 1 nitrogen and oxygen atoms in total. The Hall–Kier alpha value is -0.250. The van der Waals surface area contributed by atoms with E-state index in [-0.39, 0.29) is 0 Å². The molecular weight excluding hydrogens is 179 g/mol. The third-order valence-corrected chi connectivity index (χ3v) is 2.51. The molecule has 1 heterocycles. The summed E-state index contributed by atoms with van der Waals surface area (Å²) >= 11 is 0. The van der Waals surface area contributed by atoms with Gasteiger partial charge in [0, 0.05) is 0 Å². The van der Waals surface area contributed by atoms with Crippen molar-refractivity contribution >= 4 is 0 Å². The highest BCUT2D eigenvalue weighted by Crippen LogP contribution is 2.21. The molecule has 0 aromatic carbocycles. The Balaban J connectivity index is 2.34. The molecule has 0 saturated carbocycles. The van der Waals surface area contributed by atoms with Crippen molar-refractivity contribution in [3.8, 4) is 0 Å². The third-order valence-electron chi connectivity index (χ3n) is 2.51. The van der Waals surface area contributed by atoms with Gasteiger partial charge in [0.05, 0.1) is 6.54 Å². The van der Waals surface area contributed by atoms with E-state index in [1.54, 1.807) is 0 Å². The molecular formula is C9H16F3N. The molecule has 0 aromatic rings. The first-order chi connectivity index (χ1) is 5.97. The average molecular weight is 195 g/mol. The van der Waals surface area contributed by atoms with Gasteiger partial charge in [-0.1, -0.05) is 6.92 Å². The molecule has 1 aliphatic rings. The Morgan fingerprint density at radius 3 is 2.54 bits per heavy atom. The van der Waals surface area contributed by atoms with Gasteiger partial charge in [-0.05, 0) is 38.3 Å². The highest BCUT2D eigenvalue weighted by atomic mass is 19.4. The minimum Gasteiger partial charge on any atom is -0.295 e. The van der Waals surface area contributed by atoms with Crippen LogP contribution >= 0.6 is 0 Å². The molecule has 0 radical (unpaired) electrons. The Bertz CT molecular complexity index is 155. The Labute approximate surface area is 76.9 Å². The van der Waals surface area contributed by atoms with Crippen LogP contribution in [0.2, 0.25) is 0 Å². The van der Waals surface area contributed by atoms with Crippen LogP contribution in [0.4, 0.5) is 13.2 Å². The van der Waals surface area contributed by atoms with Gasteiger partial charge >= 0.3 is 6.18 Å². The summed E-state index contributed by atoms with van der Waals surface area (Å²) in [6.45, 7) is 2.57. The fourth-order valence-corrected chi connectivity index (χ4v) is 1.73. The fraction of sp³-hybridized carbons (Fsp3) is 1.00. The van der Waals surface area contributed by atoms with E-state index in [9.17, 15) is 13.2 Å². The van der Waals surface area contributed by atoms with Crippen LogP contribution in [0, 0.1) is 5.92 Å². The molecule has 0 N–H and O–H groups in total. The molecule has 1 saturated heterocycles. The van der Waals surface area contributed by atoms with Crippen molar-refractivity contribution in [2.24, 2.45) is 5.92 Å². The number of nitrogens with zero attached hydrogens (tertiary/aromatic N) is 1. The smallest absolute Gasteiger partial charge is 0.295 e. The van der Waals surface area contributed by atoms with Crippen LogP contribution in [-0.2, 0) is 0 Å². The van der Waals surface area contributed by atoms with Crippen LogP contribution in [0.3, 0.4) is 0 Å². The second-order valence-electron chi connectivity index (χ2n) is 3.93. The lowest BCUT2D eigenvalue weighted by Gasteiger charge is -2.21. The van der Waals surface area contributed by atoms with Gasteiger partial charge in [0.1, 0.15) is 0 Å². The summed E-state index contributed by atoms with van der Waals surface area (Å²) in [7, 11) is 0. The molecule has 78 valence electrons. The molecule has 4 heteroatoms. The van der Waals surface area contributed by atoms with Crippen molar-refractivity contribution in [3.63, 3.8) is 0 Å². The Morgan fingerprint density at radius 1 is 1.23 bits per heavy atom. The van der Waals surface area contributed by atoms with E-state index >= 15 is 0 Å². The first kappa shape index (κ1) is 10.8. The molecule has 1 aliphatic heterocycles. The third kappa shape index (κ3) is 4.50. The fourth-order valence-electron chi connectivity index (χ4n) is 1.73. The molecule has 1 rings (SSSR count). The zero-order valence-corrected chi connectivity index (χ0v) is 7.90. The molecule has 0 spiro atoms. The van der Waals surface area contributed by atoms with E-state index in [0.717, 1.165) is 19.3 Å². The van der Waals surface area contributed by atoms with Gasteiger partial charge in [0.15, 0.2) is 0 Å². The summed E-state index contributed by atoms with van der Waals surface area (Å²) in [5.41, 5.74) is 0. The number of alkyl halides is 3. The molecule has 0 aromatic heterocycles. The first-order valence-electron chi connectivity index (χ1n) is 4.76. The number of rotatable bonds is 1. The van der Waals surface area contributed by atoms with E-state index in [2.05, 4.69) is 6.92 Å². The van der Waals surface area contributed by atoms with Crippen molar-refractivity contribution in [1.29, 1.82) is 0 Å². The lowest BCUT2D eigenvalue weighted by molar-refractivity contribution is -0.145. The minimum atomic E-state index is -4.03. The summed E-state index contributed by atoms with van der Waals surface area (Å²) in [5, 5.41) is 0. The second-order valence-corrected chi connectivity index (χ2v) is 3.93. The Kier molecular flexibility index (Phi) is 3.59. The molecule has 1 unspecified atom stereocenters. The van der Waals surface area contributed by atoms with Gasteiger partial charge in [-0.15, -0.1) is 0 Å². The van der Waals surface area contributed by atoms with E-state index in [1.807, 2.05) is 0 Å². The van der Waals surface area contributed by atoms with Crippen molar-refractivity contribution in [2.45, 2.75) is 32.4 Å². The molecule has 1 atom stereocenters. The van der Waals surface area contributed by atoms with Gasteiger partial charge in [-0.25, -0.2) is 0 Å². The van der Waals surface area contributed by atoms with Crippen LogP contribution in [0.25, 0.3) is 0 Å². The topological polar surface area (TPSA) is 3.24 Å². The number of hydrogen-bond acceptors (Lipinski definition) is 1. The highest BCUT2D eigenvalue weighted by Gasteiger charge is 2.31. The maximum Gasteiger partial charge on any atom is 0.401 e. The first-order valence-corrected chi connectivity index (χ1v) is 4.76. The monoisotopic (exact) mass is 195 g/mol. The summed E-state index contributed by atoms with van der Waals surface area (Å²) in [6, 6.07) is 0. The second kappa shape index (κ2) is 4.31. The van der Waals surface area contributed by atoms with Gasteiger partial charge in [-0.2, -0.15) is 13.2 Å². The number of likely N-dealkylation sites (tertiary alicyclic amines) is 1.